The van der Waals surface area contributed by atoms with Crippen LogP contribution in [-0.4, -0.2) is 0 Å². The van der Waals surface area contributed by atoms with Crippen molar-refractivity contribution in [2.45, 2.75) is 51.9 Å². The fourth-order valence-electron chi connectivity index (χ4n) is 2.94. The molecule has 0 aromatic rings. The summed E-state index contributed by atoms with van der Waals surface area (Å²) in [6.07, 6.45) is 10.7. The van der Waals surface area contributed by atoms with Crippen LogP contribution in [0.1, 0.15) is 51.9 Å². The molecule has 2 fully saturated rings. The van der Waals surface area contributed by atoms with Gasteiger partial charge in [0, 0.05) is 0 Å². The van der Waals surface area contributed by atoms with Crippen molar-refractivity contribution in [1.29, 1.82) is 0 Å². The van der Waals surface area contributed by atoms with Crippen molar-refractivity contribution < 1.29 is 0 Å². The maximum Gasteiger partial charge on any atom is -0.0266 e. The van der Waals surface area contributed by atoms with Crippen LogP contribution in [0.25, 0.3) is 0 Å². The minimum absolute atomic E-state index is 0.896. The molecule has 1 unspecified atom stereocenters. The lowest BCUT2D eigenvalue weighted by molar-refractivity contribution is 0.314. The van der Waals surface area contributed by atoms with Gasteiger partial charge in [0.1, 0.15) is 0 Å². The first kappa shape index (κ1) is 6.69. The number of rotatable bonds is 2. The van der Waals surface area contributed by atoms with Crippen LogP contribution >= 0.6 is 0 Å². The molecule has 0 aromatic carbocycles. The smallest absolute Gasteiger partial charge is 0.0266 e. The van der Waals surface area contributed by atoms with Crippen molar-refractivity contribution in [3.8, 4) is 0 Å². The number of hydrogen-bond acceptors (Lipinski definition) is 0. The van der Waals surface area contributed by atoms with Gasteiger partial charge in [-0.25, -0.2) is 0 Å². The van der Waals surface area contributed by atoms with Gasteiger partial charge in [-0.3, -0.25) is 0 Å². The highest BCUT2D eigenvalue weighted by molar-refractivity contribution is 5.03. The van der Waals surface area contributed by atoms with Gasteiger partial charge in [-0.15, -0.1) is 0 Å². The molecule has 58 valence electrons. The Bertz CT molecular complexity index is 124. The number of fused-ring (bicyclic) bond motifs is 1. The van der Waals surface area contributed by atoms with Crippen LogP contribution in [0.5, 0.6) is 0 Å². The van der Waals surface area contributed by atoms with Crippen molar-refractivity contribution >= 4 is 0 Å². The molecule has 0 heterocycles. The van der Waals surface area contributed by atoms with Gasteiger partial charge in [0.25, 0.3) is 0 Å². The molecule has 0 heteroatoms. The van der Waals surface area contributed by atoms with Gasteiger partial charge in [-0.1, -0.05) is 26.2 Å². The molecular formula is C10H18. The topological polar surface area (TPSA) is 0 Å². The van der Waals surface area contributed by atoms with Gasteiger partial charge >= 0.3 is 0 Å². The lowest BCUT2D eigenvalue weighted by atomic mass is 9.85. The monoisotopic (exact) mass is 138 g/mol. The molecule has 2 rings (SSSR count). The Hall–Kier alpha value is 0. The van der Waals surface area contributed by atoms with Gasteiger partial charge in [-0.05, 0) is 37.0 Å². The molecule has 2 aliphatic carbocycles. The molecule has 0 nitrogen and oxygen atoms in total. The van der Waals surface area contributed by atoms with E-state index in [0.29, 0.717) is 0 Å². The Labute approximate surface area is 64.0 Å². The van der Waals surface area contributed by atoms with E-state index in [1.807, 2.05) is 0 Å². The van der Waals surface area contributed by atoms with E-state index in [-0.39, 0.29) is 0 Å². The second-order valence-corrected chi connectivity index (χ2v) is 4.26. The van der Waals surface area contributed by atoms with E-state index in [4.69, 9.17) is 0 Å². The highest BCUT2D eigenvalue weighted by Gasteiger charge is 2.53. The summed E-state index contributed by atoms with van der Waals surface area (Å²) < 4.78 is 0. The van der Waals surface area contributed by atoms with Crippen LogP contribution in [0, 0.1) is 11.3 Å². The minimum atomic E-state index is 0.896. The fraction of sp³-hybridized carbons (Fsp3) is 1.00. The largest absolute Gasteiger partial charge is 0.0654 e. The third-order valence-corrected chi connectivity index (χ3v) is 3.58. The molecule has 0 aromatic heterocycles. The summed E-state index contributed by atoms with van der Waals surface area (Å²) in [6, 6.07) is 0. The van der Waals surface area contributed by atoms with E-state index in [9.17, 15) is 0 Å². The summed E-state index contributed by atoms with van der Waals surface area (Å²) in [5, 5.41) is 0. The molecule has 10 heavy (non-hydrogen) atoms. The maximum atomic E-state index is 2.33. The van der Waals surface area contributed by atoms with Crippen molar-refractivity contribution in [3.05, 3.63) is 0 Å². The molecule has 2 saturated carbocycles. The van der Waals surface area contributed by atoms with Gasteiger partial charge in [0.05, 0.1) is 0 Å². The van der Waals surface area contributed by atoms with Crippen molar-refractivity contribution in [2.75, 3.05) is 0 Å². The molecule has 2 aliphatic rings. The van der Waals surface area contributed by atoms with Gasteiger partial charge in [0.15, 0.2) is 0 Å². The van der Waals surface area contributed by atoms with Crippen LogP contribution in [0.4, 0.5) is 0 Å². The summed E-state index contributed by atoms with van der Waals surface area (Å²) in [6.45, 7) is 2.33. The summed E-state index contributed by atoms with van der Waals surface area (Å²) in [7, 11) is 0. The molecule has 0 N–H and O–H groups in total. The summed E-state index contributed by atoms with van der Waals surface area (Å²) in [5.74, 6) is 1.17. The summed E-state index contributed by atoms with van der Waals surface area (Å²) in [4.78, 5) is 0. The number of hydrogen-bond donors (Lipinski definition) is 0. The normalized spacial score (nSPS) is 44.7. The van der Waals surface area contributed by atoms with Crippen LogP contribution in [-0.2, 0) is 0 Å². The van der Waals surface area contributed by atoms with Crippen LogP contribution in [0.2, 0.25) is 0 Å². The second-order valence-electron chi connectivity index (χ2n) is 4.26. The maximum absolute atomic E-state index is 2.33. The van der Waals surface area contributed by atoms with E-state index >= 15 is 0 Å². The summed E-state index contributed by atoms with van der Waals surface area (Å²) >= 11 is 0. The van der Waals surface area contributed by atoms with E-state index in [2.05, 4.69) is 6.92 Å². The third-order valence-electron chi connectivity index (χ3n) is 3.58. The van der Waals surface area contributed by atoms with Crippen molar-refractivity contribution in [2.24, 2.45) is 11.3 Å². The first-order chi connectivity index (χ1) is 4.87. The molecule has 2 atom stereocenters. The van der Waals surface area contributed by atoms with Crippen LogP contribution in [0.15, 0.2) is 0 Å². The molecule has 0 radical (unpaired) electrons. The average molecular weight is 138 g/mol. The molecule has 0 amide bonds. The Morgan fingerprint density at radius 2 is 2.30 bits per heavy atom. The van der Waals surface area contributed by atoms with Gasteiger partial charge in [0.2, 0.25) is 0 Å². The molecule has 0 aliphatic heterocycles. The zero-order valence-electron chi connectivity index (χ0n) is 7.03. The highest BCUT2D eigenvalue weighted by Crippen LogP contribution is 2.63. The Morgan fingerprint density at radius 1 is 1.40 bits per heavy atom. The molecule has 0 bridgehead atoms. The van der Waals surface area contributed by atoms with E-state index < -0.39 is 0 Å². The SMILES string of the molecule is CCC[C@@]12CCCCC1C2. The Kier molecular flexibility index (Phi) is 1.51. The van der Waals surface area contributed by atoms with E-state index in [1.165, 1.54) is 31.6 Å². The first-order valence-electron chi connectivity index (χ1n) is 4.87. The molecular weight excluding hydrogens is 120 g/mol. The fourth-order valence-corrected chi connectivity index (χ4v) is 2.94. The zero-order chi connectivity index (χ0) is 7.03. The summed E-state index contributed by atoms with van der Waals surface area (Å²) in [5.41, 5.74) is 0.896. The van der Waals surface area contributed by atoms with Crippen LogP contribution < -0.4 is 0 Å². The van der Waals surface area contributed by atoms with Crippen LogP contribution in [0.3, 0.4) is 0 Å². The lowest BCUT2D eigenvalue weighted by Gasteiger charge is -2.20. The van der Waals surface area contributed by atoms with Crippen molar-refractivity contribution in [3.63, 3.8) is 0 Å². The van der Waals surface area contributed by atoms with Gasteiger partial charge < -0.3 is 0 Å². The predicted octanol–water partition coefficient (Wildman–Crippen LogP) is 3.37. The Balaban J connectivity index is 1.92. The first-order valence-corrected chi connectivity index (χ1v) is 4.87. The standard InChI is InChI=1S/C10H18/c1-2-6-10-7-4-3-5-9(10)8-10/h9H,2-8H2,1H3/t9?,10-/m0/s1. The average Bonchev–Trinajstić information content (AvgIpc) is 2.62. The minimum Gasteiger partial charge on any atom is -0.0654 e. The zero-order valence-corrected chi connectivity index (χ0v) is 7.03. The lowest BCUT2D eigenvalue weighted by Crippen LogP contribution is -2.08. The molecule has 0 saturated heterocycles. The van der Waals surface area contributed by atoms with Gasteiger partial charge in [-0.2, -0.15) is 0 Å². The predicted molar refractivity (Wildman–Crippen MR) is 43.9 cm³/mol. The second kappa shape index (κ2) is 2.25. The third kappa shape index (κ3) is 0.889. The van der Waals surface area contributed by atoms with E-state index in [1.54, 1.807) is 19.3 Å². The van der Waals surface area contributed by atoms with E-state index in [0.717, 1.165) is 5.41 Å². The highest BCUT2D eigenvalue weighted by atomic mass is 14.6. The quantitative estimate of drug-likeness (QED) is 0.549. The molecule has 0 spiro atoms. The van der Waals surface area contributed by atoms with Crippen molar-refractivity contribution in [1.82, 2.24) is 0 Å². The Morgan fingerprint density at radius 3 is 3.00 bits per heavy atom.